The molecule has 4 nitrogen and oxygen atoms in total. The molecule has 0 spiro atoms. The summed E-state index contributed by atoms with van der Waals surface area (Å²) in [6.07, 6.45) is 5.22. The predicted octanol–water partition coefficient (Wildman–Crippen LogP) is 1.41. The Hall–Kier alpha value is -1.35. The quantitative estimate of drug-likeness (QED) is 0.829. The molecule has 0 radical (unpaired) electrons. The van der Waals surface area contributed by atoms with E-state index < -0.39 is 10.0 Å². The summed E-state index contributed by atoms with van der Waals surface area (Å²) in [6, 6.07) is 3.50. The first-order valence-corrected chi connectivity index (χ1v) is 7.56. The lowest BCUT2D eigenvalue weighted by Gasteiger charge is -2.20. The number of benzene rings is 1. The van der Waals surface area contributed by atoms with E-state index in [0.717, 1.165) is 11.1 Å². The summed E-state index contributed by atoms with van der Waals surface area (Å²) in [4.78, 5) is 0.288. The van der Waals surface area contributed by atoms with Crippen LogP contribution >= 0.6 is 0 Å². The third-order valence-corrected chi connectivity index (χ3v) is 5.15. The average Bonchev–Trinajstić information content (AvgIpc) is 2.35. The maximum atomic E-state index is 12.5. The number of terminal acetylenes is 1. The molecule has 0 atom stereocenters. The molecular formula is C14H20N2O2S. The number of hydrogen-bond donors (Lipinski definition) is 1. The van der Waals surface area contributed by atoms with Crippen molar-refractivity contribution >= 4 is 10.0 Å². The smallest absolute Gasteiger partial charge is 0.244 e. The molecule has 0 amide bonds. The van der Waals surface area contributed by atoms with Crippen LogP contribution in [0.4, 0.5) is 0 Å². The van der Waals surface area contributed by atoms with Gasteiger partial charge in [0.2, 0.25) is 10.0 Å². The van der Waals surface area contributed by atoms with Crippen LogP contribution in [-0.2, 0) is 16.6 Å². The van der Waals surface area contributed by atoms with Gasteiger partial charge in [-0.05, 0) is 36.6 Å². The number of nitrogens with zero attached hydrogens (tertiary/aromatic N) is 1. The maximum absolute atomic E-state index is 12.5. The minimum atomic E-state index is -3.56. The van der Waals surface area contributed by atoms with Gasteiger partial charge < -0.3 is 5.73 Å². The van der Waals surface area contributed by atoms with Gasteiger partial charge in [-0.2, -0.15) is 4.31 Å². The fraction of sp³-hybridized carbons (Fsp3) is 0.429. The van der Waals surface area contributed by atoms with E-state index in [4.69, 9.17) is 12.2 Å². The van der Waals surface area contributed by atoms with Crippen LogP contribution in [0.5, 0.6) is 0 Å². The standard InChI is InChI=1S/C14H20N2O2S/c1-5-7-16(6-2)19(17,18)14-9-13(10-15)11(3)8-12(14)4/h1,8-9H,6-7,10,15H2,2-4H3. The van der Waals surface area contributed by atoms with E-state index in [1.54, 1.807) is 19.9 Å². The lowest BCUT2D eigenvalue weighted by Crippen LogP contribution is -2.32. The van der Waals surface area contributed by atoms with Crippen LogP contribution in [0.15, 0.2) is 17.0 Å². The third kappa shape index (κ3) is 3.16. The zero-order valence-electron chi connectivity index (χ0n) is 11.6. The van der Waals surface area contributed by atoms with Crippen LogP contribution in [0.2, 0.25) is 0 Å². The van der Waals surface area contributed by atoms with Gasteiger partial charge in [0, 0.05) is 13.1 Å². The Bertz CT molecular complexity index is 601. The van der Waals surface area contributed by atoms with Gasteiger partial charge >= 0.3 is 0 Å². The molecule has 0 unspecified atom stereocenters. The highest BCUT2D eigenvalue weighted by Gasteiger charge is 2.24. The van der Waals surface area contributed by atoms with Gasteiger partial charge in [-0.25, -0.2) is 8.42 Å². The Labute approximate surface area is 115 Å². The van der Waals surface area contributed by atoms with Gasteiger partial charge in [0.1, 0.15) is 0 Å². The van der Waals surface area contributed by atoms with Crippen molar-refractivity contribution in [3.8, 4) is 12.3 Å². The molecule has 2 N–H and O–H groups in total. The Morgan fingerprint density at radius 2 is 1.95 bits per heavy atom. The molecule has 0 aliphatic rings. The van der Waals surface area contributed by atoms with Crippen LogP contribution in [0.1, 0.15) is 23.6 Å². The summed E-state index contributed by atoms with van der Waals surface area (Å²) in [5, 5.41) is 0. The average molecular weight is 280 g/mol. The van der Waals surface area contributed by atoms with E-state index in [2.05, 4.69) is 5.92 Å². The fourth-order valence-corrected chi connectivity index (χ4v) is 3.60. The monoisotopic (exact) mass is 280 g/mol. The summed E-state index contributed by atoms with van der Waals surface area (Å²) >= 11 is 0. The number of hydrogen-bond acceptors (Lipinski definition) is 3. The van der Waals surface area contributed by atoms with Crippen LogP contribution in [0.25, 0.3) is 0 Å². The SMILES string of the molecule is C#CCN(CC)S(=O)(=O)c1cc(CN)c(C)cc1C. The van der Waals surface area contributed by atoms with Crippen LogP contribution in [0, 0.1) is 26.2 Å². The van der Waals surface area contributed by atoms with Crippen LogP contribution in [-0.4, -0.2) is 25.8 Å². The molecule has 0 saturated carbocycles. The molecule has 19 heavy (non-hydrogen) atoms. The second kappa shape index (κ2) is 6.20. The zero-order chi connectivity index (χ0) is 14.6. The van der Waals surface area contributed by atoms with E-state index in [-0.39, 0.29) is 11.4 Å². The molecule has 1 rings (SSSR count). The second-order valence-corrected chi connectivity index (χ2v) is 6.29. The highest BCUT2D eigenvalue weighted by atomic mass is 32.2. The molecule has 0 fully saturated rings. The van der Waals surface area contributed by atoms with Gasteiger partial charge in [0.15, 0.2) is 0 Å². The highest BCUT2D eigenvalue weighted by Crippen LogP contribution is 2.23. The first kappa shape index (κ1) is 15.7. The van der Waals surface area contributed by atoms with Gasteiger partial charge in [-0.3, -0.25) is 0 Å². The normalized spacial score (nSPS) is 11.6. The van der Waals surface area contributed by atoms with Crippen molar-refractivity contribution in [3.63, 3.8) is 0 Å². The van der Waals surface area contributed by atoms with Crippen molar-refractivity contribution < 1.29 is 8.42 Å². The third-order valence-electron chi connectivity index (χ3n) is 3.09. The maximum Gasteiger partial charge on any atom is 0.244 e. The summed E-state index contributed by atoms with van der Waals surface area (Å²) in [5.41, 5.74) is 8.19. The lowest BCUT2D eigenvalue weighted by molar-refractivity contribution is 0.463. The molecule has 0 heterocycles. The Balaban J connectivity index is 3.40. The van der Waals surface area contributed by atoms with E-state index >= 15 is 0 Å². The van der Waals surface area contributed by atoms with Crippen LogP contribution < -0.4 is 5.73 Å². The number of nitrogens with two attached hydrogens (primary N) is 1. The topological polar surface area (TPSA) is 63.4 Å². The molecule has 0 bridgehead atoms. The van der Waals surface area contributed by atoms with E-state index in [1.807, 2.05) is 13.0 Å². The van der Waals surface area contributed by atoms with E-state index in [1.165, 1.54) is 4.31 Å². The molecular weight excluding hydrogens is 260 g/mol. The summed E-state index contributed by atoms with van der Waals surface area (Å²) in [6.45, 7) is 6.20. The molecule has 0 aliphatic heterocycles. The Morgan fingerprint density at radius 1 is 1.32 bits per heavy atom. The minimum absolute atomic E-state index is 0.0735. The van der Waals surface area contributed by atoms with Gasteiger partial charge in [0.25, 0.3) is 0 Å². The fourth-order valence-electron chi connectivity index (χ4n) is 1.98. The molecule has 1 aromatic rings. The van der Waals surface area contributed by atoms with Gasteiger partial charge in [0.05, 0.1) is 11.4 Å². The van der Waals surface area contributed by atoms with E-state index in [0.29, 0.717) is 18.7 Å². The van der Waals surface area contributed by atoms with Gasteiger partial charge in [-0.15, -0.1) is 6.42 Å². The predicted molar refractivity (Wildman–Crippen MR) is 77.1 cm³/mol. The second-order valence-electron chi connectivity index (χ2n) is 4.38. The number of aryl methyl sites for hydroxylation is 2. The van der Waals surface area contributed by atoms with Crippen molar-refractivity contribution in [1.29, 1.82) is 0 Å². The Kier molecular flexibility index (Phi) is 5.12. The number of sulfonamides is 1. The van der Waals surface area contributed by atoms with E-state index in [9.17, 15) is 8.42 Å². The van der Waals surface area contributed by atoms with Crippen molar-refractivity contribution in [1.82, 2.24) is 4.31 Å². The first-order chi connectivity index (χ1) is 8.88. The lowest BCUT2D eigenvalue weighted by atomic mass is 10.1. The summed E-state index contributed by atoms with van der Waals surface area (Å²) in [5.74, 6) is 2.38. The van der Waals surface area contributed by atoms with Crippen LogP contribution in [0.3, 0.4) is 0 Å². The molecule has 104 valence electrons. The summed E-state index contributed by atoms with van der Waals surface area (Å²) in [7, 11) is -3.56. The van der Waals surface area contributed by atoms with Crippen molar-refractivity contribution in [2.24, 2.45) is 5.73 Å². The van der Waals surface area contributed by atoms with Crippen molar-refractivity contribution in [2.45, 2.75) is 32.2 Å². The van der Waals surface area contributed by atoms with Gasteiger partial charge in [-0.1, -0.05) is 18.9 Å². The highest BCUT2D eigenvalue weighted by molar-refractivity contribution is 7.89. The van der Waals surface area contributed by atoms with Crippen molar-refractivity contribution in [2.75, 3.05) is 13.1 Å². The molecule has 0 aliphatic carbocycles. The number of rotatable bonds is 5. The largest absolute Gasteiger partial charge is 0.326 e. The Morgan fingerprint density at radius 3 is 2.42 bits per heavy atom. The first-order valence-electron chi connectivity index (χ1n) is 6.12. The molecule has 5 heteroatoms. The molecule has 0 saturated heterocycles. The molecule has 0 aromatic heterocycles. The molecule has 1 aromatic carbocycles. The zero-order valence-corrected chi connectivity index (χ0v) is 12.4. The summed E-state index contributed by atoms with van der Waals surface area (Å²) < 4.78 is 26.4. The minimum Gasteiger partial charge on any atom is -0.326 e. The van der Waals surface area contributed by atoms with Crippen molar-refractivity contribution in [3.05, 3.63) is 28.8 Å².